The molecule has 1 aromatic heterocycles. The third-order valence-electron chi connectivity index (χ3n) is 5.07. The lowest BCUT2D eigenvalue weighted by atomic mass is 10.1. The summed E-state index contributed by atoms with van der Waals surface area (Å²) in [7, 11) is -1.90. The van der Waals surface area contributed by atoms with Gasteiger partial charge in [-0.05, 0) is 42.4 Å². The third-order valence-corrected chi connectivity index (χ3v) is 10.0. The molecule has 0 bridgehead atoms. The number of hydrogen-bond donors (Lipinski definition) is 2. The number of pyridine rings is 1. The highest BCUT2D eigenvalue weighted by atomic mass is 79.9. The Morgan fingerprint density at radius 1 is 1.27 bits per heavy atom. The van der Waals surface area contributed by atoms with Crippen LogP contribution in [0.15, 0.2) is 34.8 Å². The van der Waals surface area contributed by atoms with Crippen LogP contribution in [0.2, 0.25) is 18.1 Å². The molecule has 5 nitrogen and oxygen atoms in total. The van der Waals surface area contributed by atoms with Gasteiger partial charge in [-0.25, -0.2) is 13.8 Å². The van der Waals surface area contributed by atoms with E-state index in [1.165, 1.54) is 0 Å². The highest BCUT2D eigenvalue weighted by Crippen LogP contribution is 2.37. The summed E-state index contributed by atoms with van der Waals surface area (Å²) in [5.41, 5.74) is 1.67. The topological polar surface area (TPSA) is 67.2 Å². The predicted octanol–water partition coefficient (Wildman–Crippen LogP) is 6.75. The van der Waals surface area contributed by atoms with Gasteiger partial charge in [0, 0.05) is 10.7 Å². The zero-order valence-corrected chi connectivity index (χ0v) is 20.4. The molecular weight excluding hydrogens is 472 g/mol. The Bertz CT molecular complexity index is 889. The van der Waals surface area contributed by atoms with Crippen molar-refractivity contribution in [3.63, 3.8) is 0 Å². The molecule has 1 heterocycles. The Morgan fingerprint density at radius 2 is 1.97 bits per heavy atom. The lowest BCUT2D eigenvalue weighted by Crippen LogP contribution is -2.40. The molecule has 0 spiro atoms. The van der Waals surface area contributed by atoms with Gasteiger partial charge in [-0.1, -0.05) is 42.8 Å². The molecule has 2 aromatic rings. The molecule has 0 atom stereocenters. The number of nitrogens with one attached hydrogen (secondary N) is 2. The number of rotatable bonds is 9. The summed E-state index contributed by atoms with van der Waals surface area (Å²) in [5.74, 6) is 0.756. The minimum Gasteiger partial charge on any atom is -0.487 e. The van der Waals surface area contributed by atoms with E-state index in [-0.39, 0.29) is 10.8 Å². The van der Waals surface area contributed by atoms with E-state index >= 15 is 0 Å². The number of ether oxygens (including phenoxy) is 1. The number of benzene rings is 1. The highest BCUT2D eigenvalue weighted by molar-refractivity contribution is 9.10. The zero-order valence-electron chi connectivity index (χ0n) is 17.9. The molecule has 0 radical (unpaired) electrons. The molecule has 0 fully saturated rings. The Morgan fingerprint density at radius 3 is 2.57 bits per heavy atom. The highest BCUT2D eigenvalue weighted by Gasteiger charge is 2.37. The minimum atomic E-state index is -2.60. The first kappa shape index (κ1) is 24.4. The van der Waals surface area contributed by atoms with E-state index in [2.05, 4.69) is 60.1 Å². The number of halogens is 3. The van der Waals surface area contributed by atoms with E-state index < -0.39 is 21.3 Å². The first-order chi connectivity index (χ1) is 13.9. The van der Waals surface area contributed by atoms with Crippen molar-refractivity contribution in [3.8, 4) is 5.75 Å². The maximum atomic E-state index is 12.6. The molecule has 0 amide bonds. The Balaban J connectivity index is 2.22. The number of nitrogens with zero attached hydrogens (tertiary/aromatic N) is 1. The van der Waals surface area contributed by atoms with Gasteiger partial charge in [0.15, 0.2) is 8.32 Å². The fourth-order valence-electron chi connectivity index (χ4n) is 2.36. The first-order valence-electron chi connectivity index (χ1n) is 9.55. The van der Waals surface area contributed by atoms with Crippen molar-refractivity contribution in [1.29, 1.82) is 5.41 Å². The smallest absolute Gasteiger partial charge is 0.272 e. The molecular formula is C21H28BrF2N3O2Si. The van der Waals surface area contributed by atoms with Gasteiger partial charge in [0.1, 0.15) is 18.2 Å². The first-order valence-corrected chi connectivity index (χ1v) is 13.2. The van der Waals surface area contributed by atoms with Crippen LogP contribution in [0.25, 0.3) is 0 Å². The molecule has 9 heteroatoms. The van der Waals surface area contributed by atoms with E-state index in [4.69, 9.17) is 14.6 Å². The summed E-state index contributed by atoms with van der Waals surface area (Å²) < 4.78 is 37.1. The quantitative estimate of drug-likeness (QED) is 0.295. The summed E-state index contributed by atoms with van der Waals surface area (Å²) in [6.45, 7) is 10.6. The van der Waals surface area contributed by atoms with Gasteiger partial charge < -0.3 is 19.9 Å². The molecule has 0 saturated carbocycles. The van der Waals surface area contributed by atoms with Crippen molar-refractivity contribution in [1.82, 2.24) is 4.98 Å². The van der Waals surface area contributed by atoms with Crippen LogP contribution in [0.5, 0.6) is 5.75 Å². The summed E-state index contributed by atoms with van der Waals surface area (Å²) in [6, 6.07) is 8.87. The number of anilines is 2. The summed E-state index contributed by atoms with van der Waals surface area (Å²) >= 11 is 3.36. The van der Waals surface area contributed by atoms with Gasteiger partial charge in [-0.2, -0.15) is 0 Å². The normalized spacial score (nSPS) is 12.2. The largest absolute Gasteiger partial charge is 0.487 e. The molecule has 2 rings (SSSR count). The molecule has 30 heavy (non-hydrogen) atoms. The van der Waals surface area contributed by atoms with Crippen LogP contribution >= 0.6 is 15.9 Å². The van der Waals surface area contributed by atoms with Crippen LogP contribution in [0, 0.1) is 5.41 Å². The molecule has 1 aromatic carbocycles. The van der Waals surface area contributed by atoms with Crippen LogP contribution in [0.3, 0.4) is 0 Å². The van der Waals surface area contributed by atoms with Crippen molar-refractivity contribution >= 4 is 42.0 Å². The van der Waals surface area contributed by atoms with Gasteiger partial charge in [-0.15, -0.1) is 0 Å². The molecule has 0 aliphatic carbocycles. The van der Waals surface area contributed by atoms with Crippen molar-refractivity contribution < 1.29 is 17.9 Å². The van der Waals surface area contributed by atoms with Crippen LogP contribution in [0.1, 0.15) is 32.0 Å². The average Bonchev–Trinajstić information content (AvgIpc) is 2.64. The van der Waals surface area contributed by atoms with Gasteiger partial charge in [-0.3, -0.25) is 0 Å². The number of aromatic nitrogens is 1. The van der Waals surface area contributed by atoms with E-state index in [0.29, 0.717) is 28.1 Å². The van der Waals surface area contributed by atoms with Gasteiger partial charge in [0.05, 0.1) is 23.6 Å². The minimum absolute atomic E-state index is 0.104. The van der Waals surface area contributed by atoms with Gasteiger partial charge in [0.25, 0.3) is 6.43 Å². The Kier molecular flexibility index (Phi) is 8.12. The van der Waals surface area contributed by atoms with Crippen LogP contribution < -0.4 is 10.1 Å². The third kappa shape index (κ3) is 6.58. The second-order valence-corrected chi connectivity index (χ2v) is 14.1. The Hall–Kier alpha value is -1.84. The van der Waals surface area contributed by atoms with Gasteiger partial charge >= 0.3 is 0 Å². The predicted molar refractivity (Wildman–Crippen MR) is 123 cm³/mol. The maximum absolute atomic E-state index is 12.6. The van der Waals surface area contributed by atoms with Crippen LogP contribution in [-0.4, -0.2) is 32.5 Å². The molecule has 0 aliphatic heterocycles. The lowest BCUT2D eigenvalue weighted by molar-refractivity contribution is 0.0818. The molecule has 164 valence electrons. The van der Waals surface area contributed by atoms with Crippen LogP contribution in [-0.2, 0) is 11.0 Å². The lowest BCUT2D eigenvalue weighted by Gasteiger charge is -2.36. The van der Waals surface area contributed by atoms with E-state index in [9.17, 15) is 8.78 Å². The van der Waals surface area contributed by atoms with Crippen molar-refractivity contribution in [2.75, 3.05) is 11.9 Å². The van der Waals surface area contributed by atoms with E-state index in [0.717, 1.165) is 11.9 Å². The maximum Gasteiger partial charge on any atom is 0.272 e. The van der Waals surface area contributed by atoms with Crippen LogP contribution in [0.4, 0.5) is 20.3 Å². The second kappa shape index (κ2) is 9.98. The zero-order chi connectivity index (χ0) is 22.5. The van der Waals surface area contributed by atoms with Gasteiger partial charge in [0.2, 0.25) is 0 Å². The van der Waals surface area contributed by atoms with E-state index in [1.807, 2.05) is 12.1 Å². The SMILES string of the molecule is CC(C)(C)[Si](C)(C)OCc1cccc(Nc2cc(Br)cc(OCC(F)F)c2C=N)n1. The second-order valence-electron chi connectivity index (χ2n) is 8.40. The van der Waals surface area contributed by atoms with Crippen molar-refractivity contribution in [3.05, 3.63) is 46.1 Å². The monoisotopic (exact) mass is 499 g/mol. The molecule has 2 N–H and O–H groups in total. The molecule has 0 unspecified atom stereocenters. The van der Waals surface area contributed by atoms with E-state index in [1.54, 1.807) is 18.2 Å². The standard InChI is InChI=1S/C21H28BrF2N3O2Si/c1-21(2,3)30(4,5)29-12-15-7-6-8-20(26-15)27-17-9-14(22)10-18(16(17)11-25)28-13-19(23)24/h6-11,19,25H,12-13H2,1-5H3,(H,26,27). The van der Waals surface area contributed by atoms with Crippen molar-refractivity contribution in [2.45, 2.75) is 51.9 Å². The molecule has 0 saturated heterocycles. The fourth-order valence-corrected chi connectivity index (χ4v) is 3.73. The van der Waals surface area contributed by atoms with Crippen molar-refractivity contribution in [2.24, 2.45) is 0 Å². The molecule has 0 aliphatic rings. The summed E-state index contributed by atoms with van der Waals surface area (Å²) in [4.78, 5) is 4.60. The summed E-state index contributed by atoms with van der Waals surface area (Å²) in [5, 5.41) is 11.0. The average molecular weight is 500 g/mol. The number of alkyl halides is 2. The summed E-state index contributed by atoms with van der Waals surface area (Å²) in [6.07, 6.45) is -1.53. The number of hydrogen-bond acceptors (Lipinski definition) is 5. The fraction of sp³-hybridized carbons (Fsp3) is 0.429. The Labute approximate surface area is 186 Å².